The lowest BCUT2D eigenvalue weighted by molar-refractivity contribution is 0.282. The maximum atomic E-state index is 13.3. The topological polar surface area (TPSA) is 40.5 Å². The zero-order chi connectivity index (χ0) is 14.5. The zero-order valence-electron chi connectivity index (χ0n) is 10.8. The smallest absolute Gasteiger partial charge is 0.254 e. The number of nitrogens with zero attached hydrogens (tertiary/aromatic N) is 1. The van der Waals surface area contributed by atoms with Crippen LogP contribution in [-0.4, -0.2) is 18.3 Å². The van der Waals surface area contributed by atoms with Gasteiger partial charge in [0.05, 0.1) is 18.1 Å². The Labute approximate surface area is 123 Å². The highest BCUT2D eigenvalue weighted by atomic mass is 79.9. The van der Waals surface area contributed by atoms with E-state index in [9.17, 15) is 9.18 Å². The Bertz CT molecular complexity index is 657. The molecule has 1 aromatic heterocycles. The molecule has 0 radical (unpaired) electrons. The summed E-state index contributed by atoms with van der Waals surface area (Å²) in [5, 5.41) is 0. The van der Waals surface area contributed by atoms with Crippen LogP contribution in [0.4, 0.5) is 4.39 Å². The molecule has 0 fully saturated rings. The van der Waals surface area contributed by atoms with Gasteiger partial charge in [-0.15, -0.1) is 0 Å². The summed E-state index contributed by atoms with van der Waals surface area (Å²) in [5.41, 5.74) is -0.206. The van der Waals surface area contributed by atoms with E-state index in [1.54, 1.807) is 24.4 Å². The Kier molecular flexibility index (Phi) is 4.79. The van der Waals surface area contributed by atoms with Crippen molar-refractivity contribution in [2.45, 2.75) is 6.54 Å². The summed E-state index contributed by atoms with van der Waals surface area (Å²) in [6, 6.07) is 7.53. The fraction of sp³-hybridized carbons (Fsp3) is 0.214. The first-order valence-electron chi connectivity index (χ1n) is 5.93. The quantitative estimate of drug-likeness (QED) is 0.839. The molecule has 2 rings (SSSR count). The van der Waals surface area contributed by atoms with Crippen LogP contribution in [-0.2, 0) is 6.54 Å². The number of pyridine rings is 1. The molecule has 0 atom stereocenters. The molecular weight excluding hydrogens is 329 g/mol. The Morgan fingerprint density at radius 1 is 1.30 bits per heavy atom. The molecule has 0 saturated heterocycles. The minimum Gasteiger partial charge on any atom is -0.495 e. The number of halogens is 2. The molecule has 1 heterocycles. The number of hydrogen-bond donors (Lipinski definition) is 0. The first-order valence-corrected chi connectivity index (χ1v) is 6.72. The van der Waals surface area contributed by atoms with Gasteiger partial charge in [-0.05, 0) is 28.1 Å². The molecule has 20 heavy (non-hydrogen) atoms. The molecule has 0 N–H and O–H groups in total. The summed E-state index contributed by atoms with van der Waals surface area (Å²) in [6.45, 7) is 0.509. The lowest BCUT2D eigenvalue weighted by Gasteiger charge is -2.10. The van der Waals surface area contributed by atoms with Gasteiger partial charge in [0, 0.05) is 12.3 Å². The van der Waals surface area contributed by atoms with Crippen molar-refractivity contribution in [3.05, 3.63) is 57.2 Å². The first kappa shape index (κ1) is 14.6. The minimum atomic E-state index is -0.421. The summed E-state index contributed by atoms with van der Waals surface area (Å²) >= 11 is 3.30. The van der Waals surface area contributed by atoms with Crippen LogP contribution >= 0.6 is 15.9 Å². The third-order valence-electron chi connectivity index (χ3n) is 2.69. The van der Waals surface area contributed by atoms with Crippen LogP contribution in [0.15, 0.2) is 45.8 Å². The van der Waals surface area contributed by atoms with Gasteiger partial charge in [-0.3, -0.25) is 4.79 Å². The van der Waals surface area contributed by atoms with E-state index in [4.69, 9.17) is 9.47 Å². The maximum absolute atomic E-state index is 13.3. The number of benzene rings is 1. The number of aromatic nitrogens is 1. The van der Waals surface area contributed by atoms with Gasteiger partial charge >= 0.3 is 0 Å². The molecule has 0 unspecified atom stereocenters. The van der Waals surface area contributed by atoms with Gasteiger partial charge in [0.15, 0.2) is 11.6 Å². The van der Waals surface area contributed by atoms with Crippen LogP contribution in [0, 0.1) is 5.82 Å². The summed E-state index contributed by atoms with van der Waals surface area (Å²) in [6.07, 6.45) is 1.62. The van der Waals surface area contributed by atoms with E-state index in [1.807, 2.05) is 0 Å². The maximum Gasteiger partial charge on any atom is 0.254 e. The van der Waals surface area contributed by atoms with Crippen LogP contribution < -0.4 is 15.0 Å². The number of hydrogen-bond acceptors (Lipinski definition) is 3. The highest BCUT2D eigenvalue weighted by Crippen LogP contribution is 2.21. The van der Waals surface area contributed by atoms with Crippen molar-refractivity contribution in [3.8, 4) is 11.5 Å². The Hall–Kier alpha value is -1.82. The van der Waals surface area contributed by atoms with E-state index in [2.05, 4.69) is 15.9 Å². The summed E-state index contributed by atoms with van der Waals surface area (Å²) in [7, 11) is 1.49. The largest absolute Gasteiger partial charge is 0.495 e. The lowest BCUT2D eigenvalue weighted by Crippen LogP contribution is -2.22. The second-order valence-electron chi connectivity index (χ2n) is 4.00. The van der Waals surface area contributed by atoms with Gasteiger partial charge < -0.3 is 14.0 Å². The third-order valence-corrected chi connectivity index (χ3v) is 3.28. The average molecular weight is 342 g/mol. The number of rotatable bonds is 5. The summed E-state index contributed by atoms with van der Waals surface area (Å²) in [5.74, 6) is 0.227. The van der Waals surface area contributed by atoms with Gasteiger partial charge in [-0.1, -0.05) is 12.1 Å². The van der Waals surface area contributed by atoms with E-state index in [0.717, 1.165) is 0 Å². The number of ether oxygens (including phenoxy) is 2. The van der Waals surface area contributed by atoms with Gasteiger partial charge in [-0.2, -0.15) is 0 Å². The molecule has 0 aliphatic rings. The molecule has 0 aliphatic heterocycles. The van der Waals surface area contributed by atoms with Gasteiger partial charge in [0.1, 0.15) is 12.4 Å². The fourth-order valence-corrected chi connectivity index (χ4v) is 2.20. The molecule has 1 aromatic carbocycles. The zero-order valence-corrected chi connectivity index (χ0v) is 12.4. The molecule has 6 heteroatoms. The van der Waals surface area contributed by atoms with Crippen molar-refractivity contribution in [1.82, 2.24) is 4.57 Å². The highest BCUT2D eigenvalue weighted by Gasteiger charge is 2.06. The van der Waals surface area contributed by atoms with Crippen LogP contribution in [0.25, 0.3) is 0 Å². The molecule has 0 amide bonds. The van der Waals surface area contributed by atoms with Crippen molar-refractivity contribution in [2.75, 3.05) is 13.7 Å². The Morgan fingerprint density at radius 3 is 2.75 bits per heavy atom. The molecule has 0 spiro atoms. The highest BCUT2D eigenvalue weighted by molar-refractivity contribution is 9.10. The van der Waals surface area contributed by atoms with E-state index >= 15 is 0 Å². The van der Waals surface area contributed by atoms with Gasteiger partial charge in [0.25, 0.3) is 5.56 Å². The van der Waals surface area contributed by atoms with Gasteiger partial charge in [0.2, 0.25) is 0 Å². The van der Waals surface area contributed by atoms with Crippen LogP contribution in [0.3, 0.4) is 0 Å². The van der Waals surface area contributed by atoms with Crippen LogP contribution in [0.5, 0.6) is 11.5 Å². The molecule has 0 bridgehead atoms. The standard InChI is InChI=1S/C14H13BrFNO3/c1-19-13-8-14(18)17(9-10(13)15)6-7-20-12-5-3-2-4-11(12)16/h2-5,8-9H,6-7H2,1H3. The number of para-hydroxylation sites is 1. The van der Waals surface area contributed by atoms with E-state index < -0.39 is 5.82 Å². The molecule has 2 aromatic rings. The molecule has 0 saturated carbocycles. The molecule has 106 valence electrons. The second kappa shape index (κ2) is 6.56. The van der Waals surface area contributed by atoms with Crippen molar-refractivity contribution in [3.63, 3.8) is 0 Å². The van der Waals surface area contributed by atoms with Crippen molar-refractivity contribution in [1.29, 1.82) is 0 Å². The minimum absolute atomic E-state index is 0.174. The predicted octanol–water partition coefficient (Wildman–Crippen LogP) is 2.84. The summed E-state index contributed by atoms with van der Waals surface area (Å²) < 4.78 is 25.8. The van der Waals surface area contributed by atoms with E-state index in [-0.39, 0.29) is 17.9 Å². The lowest BCUT2D eigenvalue weighted by atomic mass is 10.3. The molecule has 4 nitrogen and oxygen atoms in total. The first-order chi connectivity index (χ1) is 9.61. The Morgan fingerprint density at radius 2 is 2.05 bits per heavy atom. The fourth-order valence-electron chi connectivity index (χ4n) is 1.67. The van der Waals surface area contributed by atoms with Crippen LogP contribution in [0.1, 0.15) is 0 Å². The second-order valence-corrected chi connectivity index (χ2v) is 4.85. The predicted molar refractivity (Wildman–Crippen MR) is 76.8 cm³/mol. The van der Waals surface area contributed by atoms with Crippen molar-refractivity contribution < 1.29 is 13.9 Å². The van der Waals surface area contributed by atoms with Gasteiger partial charge in [-0.25, -0.2) is 4.39 Å². The average Bonchev–Trinajstić information content (AvgIpc) is 2.44. The van der Waals surface area contributed by atoms with E-state index in [1.165, 1.54) is 23.8 Å². The molecule has 0 aliphatic carbocycles. The summed E-state index contributed by atoms with van der Waals surface area (Å²) in [4.78, 5) is 11.8. The van der Waals surface area contributed by atoms with E-state index in [0.29, 0.717) is 16.8 Å². The SMILES string of the molecule is COc1cc(=O)n(CCOc2ccccc2F)cc1Br. The monoisotopic (exact) mass is 341 g/mol. The Balaban J connectivity index is 2.03. The number of methoxy groups -OCH3 is 1. The van der Waals surface area contributed by atoms with Crippen molar-refractivity contribution in [2.24, 2.45) is 0 Å². The van der Waals surface area contributed by atoms with Crippen LogP contribution in [0.2, 0.25) is 0 Å². The normalized spacial score (nSPS) is 10.3. The van der Waals surface area contributed by atoms with Crippen molar-refractivity contribution >= 4 is 15.9 Å². The third kappa shape index (κ3) is 3.39. The molecular formula is C14H13BrFNO3.